The van der Waals surface area contributed by atoms with Gasteiger partial charge in [0.1, 0.15) is 18.0 Å². The summed E-state index contributed by atoms with van der Waals surface area (Å²) in [5.74, 6) is -1.62. The summed E-state index contributed by atoms with van der Waals surface area (Å²) in [6.07, 6.45) is 0. The number of halogens is 2. The maximum absolute atomic E-state index is 13.0. The fraction of sp³-hybridized carbons (Fsp3) is 0.385. The molecule has 1 aromatic rings. The van der Waals surface area contributed by atoms with Crippen LogP contribution in [0.5, 0.6) is 0 Å². The van der Waals surface area contributed by atoms with Gasteiger partial charge in [0, 0.05) is 5.69 Å². The third-order valence-electron chi connectivity index (χ3n) is 3.05. The summed E-state index contributed by atoms with van der Waals surface area (Å²) >= 11 is 5.63. The highest BCUT2D eigenvalue weighted by atomic mass is 35.5. The van der Waals surface area contributed by atoms with Gasteiger partial charge in [-0.2, -0.15) is 0 Å². The smallest absolute Gasteiger partial charge is 0.329 e. The summed E-state index contributed by atoms with van der Waals surface area (Å²) in [6, 6.07) is 3.50. The molecule has 2 N–H and O–H groups in total. The van der Waals surface area contributed by atoms with Crippen molar-refractivity contribution in [3.8, 4) is 0 Å². The SMILES string of the molecule is CC1(OCC(=O)O)CN(C(=O)Nc2ccc(F)c(Cl)c2)C1. The van der Waals surface area contributed by atoms with Gasteiger partial charge in [0.2, 0.25) is 0 Å². The van der Waals surface area contributed by atoms with Crippen LogP contribution in [0.1, 0.15) is 6.92 Å². The predicted molar refractivity (Wildman–Crippen MR) is 74.0 cm³/mol. The van der Waals surface area contributed by atoms with E-state index in [2.05, 4.69) is 5.32 Å². The highest BCUT2D eigenvalue weighted by Gasteiger charge is 2.42. The first-order chi connectivity index (χ1) is 9.79. The van der Waals surface area contributed by atoms with Crippen LogP contribution in [0.2, 0.25) is 5.02 Å². The van der Waals surface area contributed by atoms with E-state index in [0.29, 0.717) is 5.69 Å². The monoisotopic (exact) mass is 316 g/mol. The Morgan fingerprint density at radius 1 is 1.52 bits per heavy atom. The van der Waals surface area contributed by atoms with E-state index in [1.54, 1.807) is 6.92 Å². The molecule has 6 nitrogen and oxygen atoms in total. The van der Waals surface area contributed by atoms with Crippen molar-refractivity contribution in [2.24, 2.45) is 0 Å². The topological polar surface area (TPSA) is 78.9 Å². The minimum Gasteiger partial charge on any atom is -0.480 e. The van der Waals surface area contributed by atoms with Crippen LogP contribution in [0.3, 0.4) is 0 Å². The molecular weight excluding hydrogens is 303 g/mol. The fourth-order valence-corrected chi connectivity index (χ4v) is 2.19. The minimum atomic E-state index is -1.06. The van der Waals surface area contributed by atoms with Crippen LogP contribution in [0.4, 0.5) is 14.9 Å². The van der Waals surface area contributed by atoms with E-state index in [9.17, 15) is 14.0 Å². The zero-order valence-corrected chi connectivity index (χ0v) is 12.0. The van der Waals surface area contributed by atoms with Crippen molar-refractivity contribution < 1.29 is 23.8 Å². The molecule has 1 aliphatic rings. The number of carboxylic acid groups (broad SMARTS) is 1. The Bertz CT molecular complexity index is 575. The number of ether oxygens (including phenoxy) is 1. The minimum absolute atomic E-state index is 0.0777. The lowest BCUT2D eigenvalue weighted by atomic mass is 9.97. The second-order valence-electron chi connectivity index (χ2n) is 5.05. The average Bonchev–Trinajstić information content (AvgIpc) is 2.37. The molecule has 8 heteroatoms. The highest BCUT2D eigenvalue weighted by Crippen LogP contribution is 2.26. The number of hydrogen-bond donors (Lipinski definition) is 2. The van der Waals surface area contributed by atoms with E-state index in [0.717, 1.165) is 6.07 Å². The van der Waals surface area contributed by atoms with Crippen molar-refractivity contribution in [1.82, 2.24) is 4.90 Å². The maximum Gasteiger partial charge on any atom is 0.329 e. The summed E-state index contributed by atoms with van der Waals surface area (Å²) in [4.78, 5) is 23.8. The summed E-state index contributed by atoms with van der Waals surface area (Å²) < 4.78 is 18.2. The van der Waals surface area contributed by atoms with Crippen molar-refractivity contribution in [3.05, 3.63) is 29.0 Å². The molecule has 1 aliphatic heterocycles. The van der Waals surface area contributed by atoms with Crippen molar-refractivity contribution in [2.45, 2.75) is 12.5 Å². The van der Waals surface area contributed by atoms with Crippen LogP contribution < -0.4 is 5.32 Å². The zero-order valence-electron chi connectivity index (χ0n) is 11.2. The molecule has 0 atom stereocenters. The first-order valence-corrected chi connectivity index (χ1v) is 6.54. The highest BCUT2D eigenvalue weighted by molar-refractivity contribution is 6.31. The lowest BCUT2D eigenvalue weighted by Gasteiger charge is -2.46. The van der Waals surface area contributed by atoms with E-state index < -0.39 is 24.0 Å². The number of carbonyl (C=O) groups excluding carboxylic acids is 1. The third kappa shape index (κ3) is 3.83. The van der Waals surface area contributed by atoms with Crippen LogP contribution in [0.25, 0.3) is 0 Å². The molecule has 1 heterocycles. The zero-order chi connectivity index (χ0) is 15.6. The van der Waals surface area contributed by atoms with Crippen LogP contribution in [-0.4, -0.2) is 47.3 Å². The molecule has 0 radical (unpaired) electrons. The lowest BCUT2D eigenvalue weighted by Crippen LogP contribution is -2.64. The van der Waals surface area contributed by atoms with Gasteiger partial charge in [-0.25, -0.2) is 14.0 Å². The van der Waals surface area contributed by atoms with Crippen LogP contribution >= 0.6 is 11.6 Å². The fourth-order valence-electron chi connectivity index (χ4n) is 2.01. The van der Waals surface area contributed by atoms with Crippen molar-refractivity contribution in [3.63, 3.8) is 0 Å². The van der Waals surface area contributed by atoms with E-state index >= 15 is 0 Å². The second kappa shape index (κ2) is 5.87. The second-order valence-corrected chi connectivity index (χ2v) is 5.45. The molecule has 2 rings (SSSR count). The molecule has 2 amide bonds. The molecule has 0 unspecified atom stereocenters. The Balaban J connectivity index is 1.86. The molecule has 0 aromatic heterocycles. The van der Waals surface area contributed by atoms with Gasteiger partial charge in [-0.3, -0.25) is 0 Å². The van der Waals surface area contributed by atoms with Crippen LogP contribution in [-0.2, 0) is 9.53 Å². The van der Waals surface area contributed by atoms with Gasteiger partial charge >= 0.3 is 12.0 Å². The molecule has 0 aliphatic carbocycles. The van der Waals surface area contributed by atoms with Crippen LogP contribution in [0.15, 0.2) is 18.2 Å². The van der Waals surface area contributed by atoms with Crippen molar-refractivity contribution in [1.29, 1.82) is 0 Å². The number of amides is 2. The standard InChI is InChI=1S/C13H14ClFN2O4/c1-13(21-5-11(18)19)6-17(7-13)12(20)16-8-2-3-10(15)9(14)4-8/h2-4H,5-7H2,1H3,(H,16,20)(H,18,19). The molecule has 21 heavy (non-hydrogen) atoms. The molecule has 0 saturated carbocycles. The number of aliphatic carboxylic acids is 1. The largest absolute Gasteiger partial charge is 0.480 e. The van der Waals surface area contributed by atoms with Crippen molar-refractivity contribution >= 4 is 29.3 Å². The van der Waals surface area contributed by atoms with Crippen LogP contribution in [0, 0.1) is 5.82 Å². The Morgan fingerprint density at radius 2 is 2.19 bits per heavy atom. The van der Waals surface area contributed by atoms with E-state index in [4.69, 9.17) is 21.4 Å². The van der Waals surface area contributed by atoms with Crippen molar-refractivity contribution in [2.75, 3.05) is 25.0 Å². The Morgan fingerprint density at radius 3 is 2.76 bits per heavy atom. The molecule has 1 fully saturated rings. The molecule has 114 valence electrons. The maximum atomic E-state index is 13.0. The van der Waals surface area contributed by atoms with Gasteiger partial charge in [-0.1, -0.05) is 11.6 Å². The first-order valence-electron chi connectivity index (χ1n) is 6.16. The molecule has 1 aromatic carbocycles. The molecule has 0 bridgehead atoms. The summed E-state index contributed by atoms with van der Waals surface area (Å²) in [5, 5.41) is 11.1. The number of urea groups is 1. The number of nitrogens with one attached hydrogen (secondary N) is 1. The quantitative estimate of drug-likeness (QED) is 0.892. The number of likely N-dealkylation sites (tertiary alicyclic amines) is 1. The molecule has 1 saturated heterocycles. The summed E-state index contributed by atoms with van der Waals surface area (Å²) in [6.45, 7) is 1.89. The number of nitrogens with zero attached hydrogens (tertiary/aromatic N) is 1. The number of rotatable bonds is 4. The number of hydrogen-bond acceptors (Lipinski definition) is 3. The van der Waals surface area contributed by atoms with Gasteiger partial charge in [0.15, 0.2) is 0 Å². The Kier molecular flexibility index (Phi) is 4.34. The Labute approximate surface area is 125 Å². The first kappa shape index (κ1) is 15.5. The number of carboxylic acids is 1. The summed E-state index contributed by atoms with van der Waals surface area (Å²) in [5.41, 5.74) is -0.276. The molecule has 0 spiro atoms. The number of carbonyl (C=O) groups is 2. The summed E-state index contributed by atoms with van der Waals surface area (Å²) in [7, 11) is 0. The molecular formula is C13H14ClFN2O4. The average molecular weight is 317 g/mol. The van der Waals surface area contributed by atoms with Gasteiger partial charge < -0.3 is 20.1 Å². The predicted octanol–water partition coefficient (Wildman–Crippen LogP) is 2.19. The van der Waals surface area contributed by atoms with Gasteiger partial charge in [0.25, 0.3) is 0 Å². The third-order valence-corrected chi connectivity index (χ3v) is 3.34. The van der Waals surface area contributed by atoms with Gasteiger partial charge in [-0.05, 0) is 25.1 Å². The normalized spacial score (nSPS) is 16.2. The van der Waals surface area contributed by atoms with Gasteiger partial charge in [-0.15, -0.1) is 0 Å². The van der Waals surface area contributed by atoms with Gasteiger partial charge in [0.05, 0.1) is 18.1 Å². The van der Waals surface area contributed by atoms with E-state index in [-0.39, 0.29) is 24.1 Å². The Hall–Kier alpha value is -1.86. The van der Waals surface area contributed by atoms with E-state index in [1.807, 2.05) is 0 Å². The number of benzene rings is 1. The lowest BCUT2D eigenvalue weighted by molar-refractivity contribution is -0.159. The van der Waals surface area contributed by atoms with E-state index in [1.165, 1.54) is 17.0 Å². The number of anilines is 1.